The molecule has 0 saturated heterocycles. The molecule has 2 rings (SSSR count). The molecule has 3 heteroatoms. The van der Waals surface area contributed by atoms with Crippen molar-refractivity contribution in [1.82, 2.24) is 5.43 Å². The van der Waals surface area contributed by atoms with Gasteiger partial charge in [0.2, 0.25) is 0 Å². The summed E-state index contributed by atoms with van der Waals surface area (Å²) in [4.78, 5) is 0. The first-order valence-electron chi connectivity index (χ1n) is 6.48. The average Bonchev–Trinajstić information content (AvgIpc) is 2.40. The standard InChI is InChI=1S/C16H20N2O/c1-12(2)19-15-10-6-9-14(11-15)16(18-17)13-7-4-3-5-8-13/h3-12,16,18H,17H2,1-2H3. The Kier molecular flexibility index (Phi) is 4.55. The van der Waals surface area contributed by atoms with Crippen LogP contribution in [-0.4, -0.2) is 6.10 Å². The zero-order chi connectivity index (χ0) is 13.7. The van der Waals surface area contributed by atoms with Gasteiger partial charge in [0.05, 0.1) is 12.1 Å². The molecule has 0 spiro atoms. The van der Waals surface area contributed by atoms with Gasteiger partial charge >= 0.3 is 0 Å². The molecule has 19 heavy (non-hydrogen) atoms. The van der Waals surface area contributed by atoms with Gasteiger partial charge in [0.1, 0.15) is 5.75 Å². The normalized spacial score (nSPS) is 12.4. The van der Waals surface area contributed by atoms with Crippen molar-refractivity contribution in [1.29, 1.82) is 0 Å². The van der Waals surface area contributed by atoms with Gasteiger partial charge in [0, 0.05) is 0 Å². The van der Waals surface area contributed by atoms with E-state index < -0.39 is 0 Å². The van der Waals surface area contributed by atoms with E-state index in [0.717, 1.165) is 16.9 Å². The molecule has 0 aromatic heterocycles. The summed E-state index contributed by atoms with van der Waals surface area (Å²) in [6, 6.07) is 18.1. The molecule has 0 bridgehead atoms. The average molecular weight is 256 g/mol. The Bertz CT molecular complexity index is 511. The topological polar surface area (TPSA) is 47.3 Å². The third-order valence-corrected chi connectivity index (χ3v) is 2.86. The van der Waals surface area contributed by atoms with Gasteiger partial charge < -0.3 is 4.74 Å². The maximum absolute atomic E-state index is 5.72. The Hall–Kier alpha value is -1.84. The molecule has 0 radical (unpaired) electrons. The number of nitrogens with two attached hydrogens (primary N) is 1. The van der Waals surface area contributed by atoms with Crippen molar-refractivity contribution < 1.29 is 4.74 Å². The third kappa shape index (κ3) is 3.56. The highest BCUT2D eigenvalue weighted by molar-refractivity contribution is 5.36. The van der Waals surface area contributed by atoms with E-state index in [-0.39, 0.29) is 12.1 Å². The van der Waals surface area contributed by atoms with Crippen molar-refractivity contribution in [3.8, 4) is 5.75 Å². The monoisotopic (exact) mass is 256 g/mol. The van der Waals surface area contributed by atoms with Crippen LogP contribution in [0, 0.1) is 0 Å². The molecular formula is C16H20N2O. The number of hydrazine groups is 1. The lowest BCUT2D eigenvalue weighted by Gasteiger charge is -2.18. The summed E-state index contributed by atoms with van der Waals surface area (Å²) >= 11 is 0. The molecular weight excluding hydrogens is 236 g/mol. The Morgan fingerprint density at radius 3 is 2.26 bits per heavy atom. The maximum atomic E-state index is 5.72. The van der Waals surface area contributed by atoms with Crippen LogP contribution in [-0.2, 0) is 0 Å². The molecule has 0 aliphatic rings. The van der Waals surface area contributed by atoms with E-state index in [1.165, 1.54) is 0 Å². The Morgan fingerprint density at radius 1 is 0.947 bits per heavy atom. The molecule has 2 aromatic rings. The summed E-state index contributed by atoms with van der Waals surface area (Å²) in [5.41, 5.74) is 5.08. The van der Waals surface area contributed by atoms with Gasteiger partial charge in [0.25, 0.3) is 0 Å². The molecule has 0 aliphatic heterocycles. The van der Waals surface area contributed by atoms with Crippen LogP contribution in [0.25, 0.3) is 0 Å². The summed E-state index contributed by atoms with van der Waals surface area (Å²) in [5.74, 6) is 6.56. The van der Waals surface area contributed by atoms with E-state index in [0.29, 0.717) is 0 Å². The highest BCUT2D eigenvalue weighted by atomic mass is 16.5. The van der Waals surface area contributed by atoms with Crippen molar-refractivity contribution in [2.24, 2.45) is 5.84 Å². The van der Waals surface area contributed by atoms with E-state index in [1.807, 2.05) is 56.3 Å². The van der Waals surface area contributed by atoms with Gasteiger partial charge in [-0.3, -0.25) is 5.84 Å². The molecule has 100 valence electrons. The third-order valence-electron chi connectivity index (χ3n) is 2.86. The number of ether oxygens (including phenoxy) is 1. The Labute approximate surface area is 114 Å². The molecule has 2 aromatic carbocycles. The second kappa shape index (κ2) is 6.36. The summed E-state index contributed by atoms with van der Waals surface area (Å²) in [6.07, 6.45) is 0.163. The SMILES string of the molecule is CC(C)Oc1cccc(C(NN)c2ccccc2)c1. The van der Waals surface area contributed by atoms with Crippen LogP contribution in [0.5, 0.6) is 5.75 Å². The van der Waals surface area contributed by atoms with Crippen molar-refractivity contribution in [2.45, 2.75) is 26.0 Å². The highest BCUT2D eigenvalue weighted by Crippen LogP contribution is 2.24. The van der Waals surface area contributed by atoms with E-state index >= 15 is 0 Å². The predicted molar refractivity (Wildman–Crippen MR) is 77.8 cm³/mol. The summed E-state index contributed by atoms with van der Waals surface area (Å²) in [5, 5.41) is 0. The van der Waals surface area contributed by atoms with Gasteiger partial charge in [0.15, 0.2) is 0 Å². The minimum atomic E-state index is -0.0306. The van der Waals surface area contributed by atoms with E-state index in [1.54, 1.807) is 0 Å². The highest BCUT2D eigenvalue weighted by Gasteiger charge is 2.12. The fourth-order valence-electron chi connectivity index (χ4n) is 2.07. The maximum Gasteiger partial charge on any atom is 0.120 e. The number of hydrogen-bond acceptors (Lipinski definition) is 3. The van der Waals surface area contributed by atoms with Crippen molar-refractivity contribution in [3.05, 3.63) is 65.7 Å². The Balaban J connectivity index is 2.28. The lowest BCUT2D eigenvalue weighted by molar-refractivity contribution is 0.242. The zero-order valence-electron chi connectivity index (χ0n) is 11.3. The van der Waals surface area contributed by atoms with Crippen molar-refractivity contribution >= 4 is 0 Å². The van der Waals surface area contributed by atoms with E-state index in [4.69, 9.17) is 10.6 Å². The van der Waals surface area contributed by atoms with Gasteiger partial charge in [-0.1, -0.05) is 42.5 Å². The number of nitrogens with one attached hydrogen (secondary N) is 1. The molecule has 1 atom stereocenters. The van der Waals surface area contributed by atoms with Gasteiger partial charge in [-0.05, 0) is 37.1 Å². The minimum Gasteiger partial charge on any atom is -0.491 e. The smallest absolute Gasteiger partial charge is 0.120 e. The summed E-state index contributed by atoms with van der Waals surface area (Å²) in [6.45, 7) is 4.03. The van der Waals surface area contributed by atoms with Crippen LogP contribution >= 0.6 is 0 Å². The lowest BCUT2D eigenvalue weighted by Crippen LogP contribution is -2.28. The van der Waals surface area contributed by atoms with Gasteiger partial charge in [-0.25, -0.2) is 5.43 Å². The molecule has 3 nitrogen and oxygen atoms in total. The fraction of sp³-hybridized carbons (Fsp3) is 0.250. The molecule has 0 saturated carbocycles. The second-order valence-corrected chi connectivity index (χ2v) is 4.75. The minimum absolute atomic E-state index is 0.0306. The van der Waals surface area contributed by atoms with E-state index in [9.17, 15) is 0 Å². The first kappa shape index (κ1) is 13.6. The molecule has 3 N–H and O–H groups in total. The molecule has 0 amide bonds. The summed E-state index contributed by atoms with van der Waals surface area (Å²) in [7, 11) is 0. The summed E-state index contributed by atoms with van der Waals surface area (Å²) < 4.78 is 5.72. The molecule has 1 unspecified atom stereocenters. The van der Waals surface area contributed by atoms with Crippen molar-refractivity contribution in [3.63, 3.8) is 0 Å². The fourth-order valence-corrected chi connectivity index (χ4v) is 2.07. The first-order chi connectivity index (χ1) is 9.20. The van der Waals surface area contributed by atoms with Crippen LogP contribution in [0.2, 0.25) is 0 Å². The number of hydrogen-bond donors (Lipinski definition) is 2. The number of benzene rings is 2. The van der Waals surface area contributed by atoms with Crippen LogP contribution in [0.4, 0.5) is 0 Å². The Morgan fingerprint density at radius 2 is 1.63 bits per heavy atom. The van der Waals surface area contributed by atoms with E-state index in [2.05, 4.69) is 17.6 Å². The molecule has 0 heterocycles. The number of rotatable bonds is 5. The van der Waals surface area contributed by atoms with Crippen LogP contribution in [0.15, 0.2) is 54.6 Å². The van der Waals surface area contributed by atoms with Crippen LogP contribution in [0.1, 0.15) is 31.0 Å². The lowest BCUT2D eigenvalue weighted by atomic mass is 9.99. The van der Waals surface area contributed by atoms with Gasteiger partial charge in [-0.15, -0.1) is 0 Å². The first-order valence-corrected chi connectivity index (χ1v) is 6.48. The zero-order valence-corrected chi connectivity index (χ0v) is 11.3. The quantitative estimate of drug-likeness (QED) is 0.638. The van der Waals surface area contributed by atoms with Crippen molar-refractivity contribution in [2.75, 3.05) is 0 Å². The molecule has 0 fully saturated rings. The van der Waals surface area contributed by atoms with Gasteiger partial charge in [-0.2, -0.15) is 0 Å². The predicted octanol–water partition coefficient (Wildman–Crippen LogP) is 3.03. The largest absolute Gasteiger partial charge is 0.491 e. The van der Waals surface area contributed by atoms with Crippen LogP contribution < -0.4 is 16.0 Å². The van der Waals surface area contributed by atoms with Crippen LogP contribution in [0.3, 0.4) is 0 Å². The molecule has 0 aliphatic carbocycles. The second-order valence-electron chi connectivity index (χ2n) is 4.75.